The number of aromatic amines is 1. The molecule has 5 atom stereocenters. The first-order valence-electron chi connectivity index (χ1n) is 5.46. The molecule has 0 spiro atoms. The van der Waals surface area contributed by atoms with Crippen LogP contribution in [0.15, 0.2) is 15.8 Å². The summed E-state index contributed by atoms with van der Waals surface area (Å²) in [5, 5.41) is 23.1. The van der Waals surface area contributed by atoms with Gasteiger partial charge in [0.2, 0.25) is 8.53 Å². The van der Waals surface area contributed by atoms with Gasteiger partial charge in [-0.2, -0.15) is 9.78 Å². The number of nitrogens with zero attached hydrogens (tertiary/aromatic N) is 2. The molecule has 1 aromatic rings. The molecule has 1 unspecified atom stereocenters. The van der Waals surface area contributed by atoms with E-state index in [1.54, 1.807) is 0 Å². The van der Waals surface area contributed by atoms with E-state index in [0.29, 0.717) is 4.68 Å². The summed E-state index contributed by atoms with van der Waals surface area (Å²) in [5.41, 5.74) is 3.44. The molecule has 6 N–H and O–H groups in total. The fourth-order valence-electron chi connectivity index (χ4n) is 1.76. The van der Waals surface area contributed by atoms with Crippen LogP contribution in [-0.4, -0.2) is 54.8 Å². The zero-order valence-corrected chi connectivity index (χ0v) is 10.9. The monoisotopic (exact) mass is 308 g/mol. The average molecular weight is 308 g/mol. The molecule has 0 saturated carbocycles. The molecule has 0 aliphatic carbocycles. The lowest BCUT2D eigenvalue weighted by atomic mass is 10.1. The van der Waals surface area contributed by atoms with Crippen molar-refractivity contribution < 1.29 is 24.4 Å². The van der Waals surface area contributed by atoms with Crippen molar-refractivity contribution in [1.82, 2.24) is 14.8 Å². The zero-order valence-electron chi connectivity index (χ0n) is 9.99. The number of ether oxygens (including phenoxy) is 1. The van der Waals surface area contributed by atoms with E-state index in [-0.39, 0.29) is 6.61 Å². The van der Waals surface area contributed by atoms with Gasteiger partial charge in [0.05, 0.1) is 6.61 Å². The van der Waals surface area contributed by atoms with Crippen LogP contribution in [0.1, 0.15) is 6.23 Å². The smallest absolute Gasteiger partial charge is 0.347 e. The Morgan fingerprint density at radius 1 is 1.50 bits per heavy atom. The summed E-state index contributed by atoms with van der Waals surface area (Å²) >= 11 is 0. The predicted octanol–water partition coefficient (Wildman–Crippen LogP) is -3.25. The van der Waals surface area contributed by atoms with E-state index in [9.17, 15) is 19.8 Å². The van der Waals surface area contributed by atoms with E-state index in [2.05, 4.69) is 5.10 Å². The summed E-state index contributed by atoms with van der Waals surface area (Å²) in [6.45, 7) is -0.272. The van der Waals surface area contributed by atoms with Crippen LogP contribution >= 0.6 is 8.53 Å². The summed E-state index contributed by atoms with van der Waals surface area (Å²) in [7, 11) is -2.13. The molecule has 1 aliphatic heterocycles. The first kappa shape index (κ1) is 15.2. The number of hydrogen-bond acceptors (Lipinski definition) is 9. The second-order valence-electron chi connectivity index (χ2n) is 4.03. The fourth-order valence-corrected chi connectivity index (χ4v) is 2.06. The van der Waals surface area contributed by atoms with E-state index >= 15 is 0 Å². The highest BCUT2D eigenvalue weighted by Crippen LogP contribution is 2.30. The van der Waals surface area contributed by atoms with E-state index in [0.717, 1.165) is 6.20 Å². The number of nitrogens with two attached hydrogens (primary N) is 1. The fraction of sp³-hybridized carbons (Fsp3) is 0.625. The zero-order chi connectivity index (χ0) is 14.9. The normalized spacial score (nSPS) is 31.4. The Bertz CT molecular complexity index is 574. The molecule has 0 bridgehead atoms. The van der Waals surface area contributed by atoms with Gasteiger partial charge in [-0.1, -0.05) is 0 Å². The summed E-state index contributed by atoms with van der Waals surface area (Å²) in [5.74, 6) is 0. The standard InChI is InChI=1S/C8H13N4O7P/c9-20(17)18-2-3-5(14)6(15)7(19-3)12-8(16)11-4(13)1-10-12/h1,3,5-7,14-15,17H,2,9H2,(H,11,13,16)/t3-,5-,6-,7-,20?/m1/s1. The maximum absolute atomic E-state index is 11.5. The Labute approximate surface area is 112 Å². The highest BCUT2D eigenvalue weighted by atomic mass is 31.2. The molecule has 1 saturated heterocycles. The molecule has 0 radical (unpaired) electrons. The average Bonchev–Trinajstić information content (AvgIpc) is 2.64. The van der Waals surface area contributed by atoms with Crippen molar-refractivity contribution in [3.8, 4) is 0 Å². The second-order valence-corrected chi connectivity index (χ2v) is 4.89. The molecule has 12 heteroatoms. The third kappa shape index (κ3) is 3.10. The van der Waals surface area contributed by atoms with Crippen LogP contribution < -0.4 is 16.8 Å². The topological polar surface area (TPSA) is 173 Å². The SMILES string of the molecule is NP(O)OC[C@H]1O[C@@H](n2ncc(=O)[nH]c2=O)[C@H](O)[C@@H]1O. The quantitative estimate of drug-likeness (QED) is 0.358. The van der Waals surface area contributed by atoms with Gasteiger partial charge in [0.25, 0.3) is 5.56 Å². The van der Waals surface area contributed by atoms with Crippen LogP contribution in [0.2, 0.25) is 0 Å². The van der Waals surface area contributed by atoms with Crippen LogP contribution in [0.4, 0.5) is 0 Å². The Morgan fingerprint density at radius 3 is 2.80 bits per heavy atom. The number of aliphatic hydroxyl groups is 2. The lowest BCUT2D eigenvalue weighted by molar-refractivity contribution is -0.0585. The second kappa shape index (κ2) is 6.06. The van der Waals surface area contributed by atoms with Crippen molar-refractivity contribution >= 4 is 8.53 Å². The Hall–Kier alpha value is -1.20. The summed E-state index contributed by atoms with van der Waals surface area (Å²) in [6, 6.07) is 0. The molecular formula is C8H13N4O7P. The first-order chi connectivity index (χ1) is 9.40. The van der Waals surface area contributed by atoms with E-state index < -0.39 is 44.3 Å². The van der Waals surface area contributed by atoms with Gasteiger partial charge in [-0.3, -0.25) is 15.3 Å². The van der Waals surface area contributed by atoms with Crippen molar-refractivity contribution in [2.45, 2.75) is 24.5 Å². The highest BCUT2D eigenvalue weighted by Gasteiger charge is 2.45. The summed E-state index contributed by atoms with van der Waals surface area (Å²) in [6.07, 6.45) is -4.28. The Balaban J connectivity index is 2.17. The predicted molar refractivity (Wildman–Crippen MR) is 64.3 cm³/mol. The van der Waals surface area contributed by atoms with Crippen molar-refractivity contribution in [3.05, 3.63) is 27.0 Å². The minimum atomic E-state index is -2.13. The van der Waals surface area contributed by atoms with Gasteiger partial charge in [0.1, 0.15) is 24.5 Å². The first-order valence-corrected chi connectivity index (χ1v) is 6.74. The van der Waals surface area contributed by atoms with Gasteiger partial charge in [0, 0.05) is 0 Å². The molecule has 2 rings (SSSR count). The van der Waals surface area contributed by atoms with Gasteiger partial charge in [-0.25, -0.2) is 4.79 Å². The minimum absolute atomic E-state index is 0.272. The summed E-state index contributed by atoms with van der Waals surface area (Å²) in [4.78, 5) is 33.2. The van der Waals surface area contributed by atoms with Crippen LogP contribution in [0, 0.1) is 0 Å². The molecule has 2 heterocycles. The molecule has 20 heavy (non-hydrogen) atoms. The van der Waals surface area contributed by atoms with Gasteiger partial charge in [0.15, 0.2) is 6.23 Å². The molecule has 112 valence electrons. The van der Waals surface area contributed by atoms with Crippen LogP contribution in [-0.2, 0) is 9.26 Å². The summed E-state index contributed by atoms with van der Waals surface area (Å²) < 4.78 is 10.6. The van der Waals surface area contributed by atoms with Crippen molar-refractivity contribution in [3.63, 3.8) is 0 Å². The van der Waals surface area contributed by atoms with Crippen LogP contribution in [0.5, 0.6) is 0 Å². The molecule has 1 aromatic heterocycles. The van der Waals surface area contributed by atoms with Crippen molar-refractivity contribution in [1.29, 1.82) is 0 Å². The maximum atomic E-state index is 11.5. The third-order valence-electron chi connectivity index (χ3n) is 2.69. The Morgan fingerprint density at radius 2 is 2.20 bits per heavy atom. The number of hydrogen-bond donors (Lipinski definition) is 5. The number of aromatic nitrogens is 3. The number of H-pyrrole nitrogens is 1. The van der Waals surface area contributed by atoms with Crippen LogP contribution in [0.3, 0.4) is 0 Å². The molecular weight excluding hydrogens is 295 g/mol. The largest absolute Gasteiger partial charge is 0.387 e. The lowest BCUT2D eigenvalue weighted by Crippen LogP contribution is -2.39. The van der Waals surface area contributed by atoms with E-state index in [1.165, 1.54) is 0 Å². The molecule has 11 nitrogen and oxygen atoms in total. The number of aliphatic hydroxyl groups excluding tert-OH is 2. The molecule has 0 aromatic carbocycles. The highest BCUT2D eigenvalue weighted by molar-refractivity contribution is 7.43. The van der Waals surface area contributed by atoms with Crippen LogP contribution in [0.25, 0.3) is 0 Å². The maximum Gasteiger partial charge on any atom is 0.347 e. The third-order valence-corrected chi connectivity index (χ3v) is 3.10. The minimum Gasteiger partial charge on any atom is -0.387 e. The van der Waals surface area contributed by atoms with E-state index in [1.807, 2.05) is 4.98 Å². The molecule has 0 amide bonds. The van der Waals surface area contributed by atoms with Crippen molar-refractivity contribution in [2.75, 3.05) is 6.61 Å². The Kier molecular flexibility index (Phi) is 4.60. The van der Waals surface area contributed by atoms with Gasteiger partial charge < -0.3 is 24.4 Å². The molecule has 1 aliphatic rings. The van der Waals surface area contributed by atoms with Gasteiger partial charge >= 0.3 is 5.69 Å². The van der Waals surface area contributed by atoms with Gasteiger partial charge in [-0.15, -0.1) is 0 Å². The van der Waals surface area contributed by atoms with Crippen molar-refractivity contribution in [2.24, 2.45) is 5.50 Å². The number of rotatable bonds is 4. The molecule has 1 fully saturated rings. The van der Waals surface area contributed by atoms with E-state index in [4.69, 9.17) is 19.7 Å². The lowest BCUT2D eigenvalue weighted by Gasteiger charge is -2.15. The number of nitrogens with one attached hydrogen (secondary N) is 1. The van der Waals surface area contributed by atoms with Gasteiger partial charge in [-0.05, 0) is 0 Å².